The molecule has 7 heteroatoms. The fourth-order valence-electron chi connectivity index (χ4n) is 4.91. The summed E-state index contributed by atoms with van der Waals surface area (Å²) >= 11 is 0. The molecule has 0 unspecified atom stereocenters. The summed E-state index contributed by atoms with van der Waals surface area (Å²) in [5.41, 5.74) is -0.0944. The second kappa shape index (κ2) is 8.02. The molecular weight excluding hydrogens is 384 g/mol. The SMILES string of the molecule is C[C@@H]1CN(C(=O)[C@H](C)N2CC[C@]3(CCC2=O)CC(=O)c2ccccc2O3)CC[C@H]1O. The molecule has 30 heavy (non-hydrogen) atoms. The maximum atomic E-state index is 13.1. The number of fused-ring (bicyclic) bond motifs is 1. The average molecular weight is 415 g/mol. The van der Waals surface area contributed by atoms with Crippen molar-refractivity contribution in [3.8, 4) is 5.75 Å². The normalized spacial score (nSPS) is 30.5. The summed E-state index contributed by atoms with van der Waals surface area (Å²) in [4.78, 5) is 42.0. The van der Waals surface area contributed by atoms with Crippen LogP contribution in [0.4, 0.5) is 0 Å². The van der Waals surface area contributed by atoms with E-state index in [1.165, 1.54) is 0 Å². The maximum absolute atomic E-state index is 13.1. The number of aliphatic hydroxyl groups is 1. The topological polar surface area (TPSA) is 87.2 Å². The van der Waals surface area contributed by atoms with Gasteiger partial charge < -0.3 is 19.6 Å². The van der Waals surface area contributed by atoms with E-state index in [1.54, 1.807) is 28.9 Å². The van der Waals surface area contributed by atoms with Crippen LogP contribution >= 0.6 is 0 Å². The first-order valence-corrected chi connectivity index (χ1v) is 10.9. The highest BCUT2D eigenvalue weighted by atomic mass is 16.5. The Balaban J connectivity index is 1.47. The van der Waals surface area contributed by atoms with Crippen molar-refractivity contribution in [3.63, 3.8) is 0 Å². The number of ketones is 1. The molecule has 0 bridgehead atoms. The molecule has 1 aromatic carbocycles. The van der Waals surface area contributed by atoms with Gasteiger partial charge in [-0.25, -0.2) is 0 Å². The molecule has 4 rings (SSSR count). The predicted molar refractivity (Wildman–Crippen MR) is 110 cm³/mol. The van der Waals surface area contributed by atoms with Gasteiger partial charge in [0.2, 0.25) is 11.8 Å². The highest BCUT2D eigenvalue weighted by molar-refractivity contribution is 6.00. The lowest BCUT2D eigenvalue weighted by atomic mass is 9.84. The van der Waals surface area contributed by atoms with Gasteiger partial charge >= 0.3 is 0 Å². The van der Waals surface area contributed by atoms with Crippen LogP contribution in [0.2, 0.25) is 0 Å². The molecular formula is C23H30N2O5. The van der Waals surface area contributed by atoms with Crippen LogP contribution in [-0.4, -0.2) is 69.9 Å². The molecule has 3 aliphatic rings. The predicted octanol–water partition coefficient (Wildman–Crippen LogP) is 2.02. The smallest absolute Gasteiger partial charge is 0.245 e. The number of carbonyl (C=O) groups excluding carboxylic acids is 3. The van der Waals surface area contributed by atoms with Crippen LogP contribution in [0.5, 0.6) is 5.75 Å². The van der Waals surface area contributed by atoms with Crippen molar-refractivity contribution in [2.24, 2.45) is 5.92 Å². The van der Waals surface area contributed by atoms with Crippen LogP contribution in [-0.2, 0) is 9.59 Å². The number of rotatable bonds is 2. The summed E-state index contributed by atoms with van der Waals surface area (Å²) < 4.78 is 6.27. The zero-order chi connectivity index (χ0) is 21.5. The summed E-state index contributed by atoms with van der Waals surface area (Å²) in [6.45, 7) is 5.11. The van der Waals surface area contributed by atoms with Crippen molar-refractivity contribution in [1.29, 1.82) is 0 Å². The first-order valence-electron chi connectivity index (χ1n) is 10.9. The van der Waals surface area contributed by atoms with Gasteiger partial charge in [-0.3, -0.25) is 14.4 Å². The molecule has 0 radical (unpaired) electrons. The van der Waals surface area contributed by atoms with Crippen LogP contribution < -0.4 is 4.74 Å². The molecule has 3 aliphatic heterocycles. The molecule has 1 spiro atoms. The van der Waals surface area contributed by atoms with E-state index < -0.39 is 11.6 Å². The maximum Gasteiger partial charge on any atom is 0.245 e. The first-order chi connectivity index (χ1) is 14.3. The molecule has 7 nitrogen and oxygen atoms in total. The van der Waals surface area contributed by atoms with Crippen molar-refractivity contribution >= 4 is 17.6 Å². The Morgan fingerprint density at radius 2 is 2.00 bits per heavy atom. The molecule has 0 aromatic heterocycles. The van der Waals surface area contributed by atoms with Gasteiger partial charge in [0.15, 0.2) is 5.78 Å². The van der Waals surface area contributed by atoms with E-state index in [2.05, 4.69) is 0 Å². The van der Waals surface area contributed by atoms with Gasteiger partial charge in [-0.15, -0.1) is 0 Å². The van der Waals surface area contributed by atoms with Crippen molar-refractivity contribution in [1.82, 2.24) is 9.80 Å². The van der Waals surface area contributed by atoms with Crippen LogP contribution in [0.1, 0.15) is 56.3 Å². The summed E-state index contributed by atoms with van der Waals surface area (Å²) in [5, 5.41) is 9.93. The average Bonchev–Trinajstić information content (AvgIpc) is 2.88. The van der Waals surface area contributed by atoms with Crippen molar-refractivity contribution in [3.05, 3.63) is 29.8 Å². The van der Waals surface area contributed by atoms with E-state index >= 15 is 0 Å². The molecule has 162 valence electrons. The lowest BCUT2D eigenvalue weighted by Crippen LogP contribution is -2.53. The number of ether oxygens (including phenoxy) is 1. The number of likely N-dealkylation sites (tertiary alicyclic amines) is 2. The number of benzene rings is 1. The van der Waals surface area contributed by atoms with Crippen molar-refractivity contribution in [2.45, 2.75) is 63.7 Å². The van der Waals surface area contributed by atoms with Gasteiger partial charge in [-0.05, 0) is 37.8 Å². The van der Waals surface area contributed by atoms with E-state index in [0.717, 1.165) is 0 Å². The minimum atomic E-state index is -0.692. The third kappa shape index (κ3) is 3.83. The minimum Gasteiger partial charge on any atom is -0.486 e. The number of hydrogen-bond donors (Lipinski definition) is 1. The number of carbonyl (C=O) groups is 3. The molecule has 3 heterocycles. The molecule has 4 atom stereocenters. The largest absolute Gasteiger partial charge is 0.486 e. The van der Waals surface area contributed by atoms with Crippen LogP contribution in [0.3, 0.4) is 0 Å². The van der Waals surface area contributed by atoms with Crippen molar-refractivity contribution in [2.75, 3.05) is 19.6 Å². The standard InChI is InChI=1S/C23H30N2O5/c1-15-14-24(11-8-18(15)26)22(29)16(2)25-12-10-23(9-7-21(25)28)13-19(27)17-5-3-4-6-20(17)30-23/h3-6,15-16,18,26H,7-14H2,1-2H3/t15-,16+,18-,23-/m1/s1. The van der Waals surface area contributed by atoms with E-state index in [-0.39, 0.29) is 42.5 Å². The number of amides is 2. The summed E-state index contributed by atoms with van der Waals surface area (Å²) in [6.07, 6.45) is 1.68. The van der Waals surface area contributed by atoms with E-state index in [4.69, 9.17) is 4.74 Å². The Morgan fingerprint density at radius 3 is 2.77 bits per heavy atom. The zero-order valence-corrected chi connectivity index (χ0v) is 17.7. The number of para-hydroxylation sites is 1. The Hall–Kier alpha value is -2.41. The lowest BCUT2D eigenvalue weighted by Gasteiger charge is -2.39. The minimum absolute atomic E-state index is 0.0275. The number of Topliss-reactive ketones (excluding diaryl/α,β-unsaturated/α-hetero) is 1. The molecule has 1 aromatic rings. The number of aliphatic hydroxyl groups excluding tert-OH is 1. The van der Waals surface area contributed by atoms with Crippen LogP contribution in [0.15, 0.2) is 24.3 Å². The third-order valence-corrected chi connectivity index (χ3v) is 6.92. The molecule has 2 fully saturated rings. The Bertz CT molecular complexity index is 856. The Kier molecular flexibility index (Phi) is 5.57. The second-order valence-corrected chi connectivity index (χ2v) is 9.01. The monoisotopic (exact) mass is 414 g/mol. The number of nitrogens with zero attached hydrogens (tertiary/aromatic N) is 2. The van der Waals surface area contributed by atoms with Gasteiger partial charge in [0.25, 0.3) is 0 Å². The third-order valence-electron chi connectivity index (χ3n) is 6.92. The quantitative estimate of drug-likeness (QED) is 0.800. The summed E-state index contributed by atoms with van der Waals surface area (Å²) in [7, 11) is 0. The summed E-state index contributed by atoms with van der Waals surface area (Å²) in [6, 6.07) is 6.68. The number of hydrogen-bond acceptors (Lipinski definition) is 5. The van der Waals surface area contributed by atoms with Crippen molar-refractivity contribution < 1.29 is 24.2 Å². The van der Waals surface area contributed by atoms with Gasteiger partial charge in [0.1, 0.15) is 17.4 Å². The van der Waals surface area contributed by atoms with Crippen LogP contribution in [0.25, 0.3) is 0 Å². The fourth-order valence-corrected chi connectivity index (χ4v) is 4.91. The Labute approximate surface area is 177 Å². The Morgan fingerprint density at radius 1 is 1.23 bits per heavy atom. The van der Waals surface area contributed by atoms with Gasteiger partial charge in [0.05, 0.1) is 18.1 Å². The van der Waals surface area contributed by atoms with E-state index in [0.29, 0.717) is 50.2 Å². The second-order valence-electron chi connectivity index (χ2n) is 9.01. The zero-order valence-electron chi connectivity index (χ0n) is 17.7. The van der Waals surface area contributed by atoms with E-state index in [1.807, 2.05) is 19.1 Å². The highest BCUT2D eigenvalue weighted by Crippen LogP contribution is 2.39. The molecule has 2 saturated heterocycles. The van der Waals surface area contributed by atoms with Gasteiger partial charge in [-0.2, -0.15) is 0 Å². The molecule has 1 N–H and O–H groups in total. The van der Waals surface area contributed by atoms with Crippen LogP contribution in [0, 0.1) is 5.92 Å². The summed E-state index contributed by atoms with van der Waals surface area (Å²) in [5.74, 6) is 0.499. The molecule has 0 saturated carbocycles. The van der Waals surface area contributed by atoms with E-state index in [9.17, 15) is 19.5 Å². The first kappa shape index (κ1) is 20.8. The molecule has 2 amide bonds. The fraction of sp³-hybridized carbons (Fsp3) is 0.609. The highest BCUT2D eigenvalue weighted by Gasteiger charge is 2.44. The van der Waals surface area contributed by atoms with Gasteiger partial charge in [0, 0.05) is 32.5 Å². The number of piperidine rings is 1. The molecule has 0 aliphatic carbocycles. The van der Waals surface area contributed by atoms with Gasteiger partial charge in [-0.1, -0.05) is 19.1 Å². The lowest BCUT2D eigenvalue weighted by molar-refractivity contribution is -0.147.